The maximum atomic E-state index is 8.10. The monoisotopic (exact) mass is 354 g/mol. The topological polar surface area (TPSA) is 54.1 Å². The zero-order valence-electron chi connectivity index (χ0n) is 15.3. The first-order chi connectivity index (χ1) is 11.8. The highest BCUT2D eigenvalue weighted by Crippen LogP contribution is 2.16. The number of aryl methyl sites for hydroxylation is 1. The van der Waals surface area contributed by atoms with Gasteiger partial charge >= 0.3 is 0 Å². The molecule has 0 unspecified atom stereocenters. The highest BCUT2D eigenvalue weighted by atomic mass is 32.1. The standard InChI is InChI=1S/C18H34N4OS/c1-2-3-4-5-6-7-8-9-10-11-12-22-17(19)24-18(20-22)21-13-15-23-16-14-21/h19H,2-16H2,1H3. The predicted octanol–water partition coefficient (Wildman–Crippen LogP) is 4.18. The molecule has 0 aliphatic carbocycles. The quantitative estimate of drug-likeness (QED) is 0.573. The van der Waals surface area contributed by atoms with E-state index in [1.54, 1.807) is 0 Å². The maximum absolute atomic E-state index is 8.10. The van der Waals surface area contributed by atoms with Crippen LogP contribution < -0.4 is 9.70 Å². The molecule has 1 aromatic rings. The molecule has 0 saturated carbocycles. The number of anilines is 1. The zero-order valence-corrected chi connectivity index (χ0v) is 16.1. The van der Waals surface area contributed by atoms with E-state index in [0.717, 1.165) is 44.4 Å². The molecule has 0 bridgehead atoms. The number of unbranched alkanes of at least 4 members (excludes halogenated alkanes) is 9. The first kappa shape index (κ1) is 19.4. The van der Waals surface area contributed by atoms with Gasteiger partial charge in [0, 0.05) is 19.6 Å². The fourth-order valence-corrected chi connectivity index (χ4v) is 3.95. The van der Waals surface area contributed by atoms with E-state index in [-0.39, 0.29) is 0 Å². The molecule has 1 aliphatic rings. The summed E-state index contributed by atoms with van der Waals surface area (Å²) in [4.78, 5) is 2.81. The van der Waals surface area contributed by atoms with Gasteiger partial charge in [0.1, 0.15) is 0 Å². The van der Waals surface area contributed by atoms with Crippen LogP contribution in [0.4, 0.5) is 5.13 Å². The SMILES string of the molecule is CCCCCCCCCCCCn1nc(N2CCOCC2)sc1=N. The van der Waals surface area contributed by atoms with E-state index >= 15 is 0 Å². The molecular formula is C18H34N4OS. The molecule has 138 valence electrons. The number of hydrogen-bond acceptors (Lipinski definition) is 5. The summed E-state index contributed by atoms with van der Waals surface area (Å²) >= 11 is 1.49. The van der Waals surface area contributed by atoms with Gasteiger partial charge in [-0.3, -0.25) is 5.41 Å². The van der Waals surface area contributed by atoms with Crippen molar-refractivity contribution in [2.45, 2.75) is 77.7 Å². The summed E-state index contributed by atoms with van der Waals surface area (Å²) in [5, 5.41) is 13.7. The zero-order chi connectivity index (χ0) is 17.0. The summed E-state index contributed by atoms with van der Waals surface area (Å²) in [6.07, 6.45) is 13.4. The van der Waals surface area contributed by atoms with Gasteiger partial charge in [0.2, 0.25) is 9.93 Å². The Morgan fingerprint density at radius 2 is 1.54 bits per heavy atom. The third-order valence-electron chi connectivity index (χ3n) is 4.63. The minimum atomic E-state index is 0.576. The maximum Gasteiger partial charge on any atom is 0.207 e. The van der Waals surface area contributed by atoms with E-state index in [1.807, 2.05) is 4.68 Å². The summed E-state index contributed by atoms with van der Waals surface area (Å²) in [6, 6.07) is 0. The Labute approximate surface area is 150 Å². The number of morpholine rings is 1. The van der Waals surface area contributed by atoms with Crippen molar-refractivity contribution in [1.82, 2.24) is 9.78 Å². The highest BCUT2D eigenvalue weighted by Gasteiger charge is 2.15. The first-order valence-electron chi connectivity index (χ1n) is 9.76. The third kappa shape index (κ3) is 6.93. The molecule has 1 aromatic heterocycles. The molecule has 1 fully saturated rings. The summed E-state index contributed by atoms with van der Waals surface area (Å²) in [6.45, 7) is 6.48. The molecule has 24 heavy (non-hydrogen) atoms. The van der Waals surface area contributed by atoms with Gasteiger partial charge in [-0.05, 0) is 6.42 Å². The van der Waals surface area contributed by atoms with E-state index < -0.39 is 0 Å². The fourth-order valence-electron chi connectivity index (χ4n) is 3.09. The van der Waals surface area contributed by atoms with Gasteiger partial charge in [-0.25, -0.2) is 4.68 Å². The molecule has 1 aliphatic heterocycles. The largest absolute Gasteiger partial charge is 0.378 e. The van der Waals surface area contributed by atoms with Crippen LogP contribution in [-0.2, 0) is 11.3 Å². The Morgan fingerprint density at radius 1 is 0.958 bits per heavy atom. The molecule has 0 aromatic carbocycles. The average Bonchev–Trinajstić information content (AvgIpc) is 2.98. The van der Waals surface area contributed by atoms with E-state index in [4.69, 9.17) is 10.1 Å². The van der Waals surface area contributed by atoms with Gasteiger partial charge < -0.3 is 9.64 Å². The van der Waals surface area contributed by atoms with Crippen molar-refractivity contribution in [2.24, 2.45) is 0 Å². The van der Waals surface area contributed by atoms with Gasteiger partial charge in [-0.15, -0.1) is 5.10 Å². The summed E-state index contributed by atoms with van der Waals surface area (Å²) in [5.41, 5.74) is 0. The fraction of sp³-hybridized carbons (Fsp3) is 0.889. The Morgan fingerprint density at radius 3 is 2.17 bits per heavy atom. The normalized spacial score (nSPS) is 15.1. The molecular weight excluding hydrogens is 320 g/mol. The second-order valence-electron chi connectivity index (χ2n) is 6.69. The summed E-state index contributed by atoms with van der Waals surface area (Å²) < 4.78 is 7.25. The number of nitrogens with one attached hydrogen (secondary N) is 1. The van der Waals surface area contributed by atoms with E-state index in [9.17, 15) is 0 Å². The van der Waals surface area contributed by atoms with Crippen LogP contribution >= 0.6 is 11.3 Å². The molecule has 0 amide bonds. The molecule has 2 rings (SSSR count). The number of hydrogen-bond donors (Lipinski definition) is 1. The molecule has 6 heteroatoms. The summed E-state index contributed by atoms with van der Waals surface area (Å²) in [7, 11) is 0. The number of ether oxygens (including phenoxy) is 1. The van der Waals surface area contributed by atoms with E-state index in [1.165, 1.54) is 69.1 Å². The van der Waals surface area contributed by atoms with Gasteiger partial charge in [0.15, 0.2) is 0 Å². The van der Waals surface area contributed by atoms with Crippen molar-refractivity contribution in [2.75, 3.05) is 31.2 Å². The van der Waals surface area contributed by atoms with Crippen LogP contribution in [0.1, 0.15) is 71.1 Å². The second kappa shape index (κ2) is 11.6. The summed E-state index contributed by atoms with van der Waals surface area (Å²) in [5.74, 6) is 0. The van der Waals surface area contributed by atoms with Crippen molar-refractivity contribution < 1.29 is 4.74 Å². The van der Waals surface area contributed by atoms with Crippen LogP contribution in [0.15, 0.2) is 0 Å². The van der Waals surface area contributed by atoms with Crippen molar-refractivity contribution in [3.05, 3.63) is 4.80 Å². The Bertz CT molecular complexity index is 493. The minimum Gasteiger partial charge on any atom is -0.378 e. The number of nitrogens with zero attached hydrogens (tertiary/aromatic N) is 3. The van der Waals surface area contributed by atoms with Crippen LogP contribution in [0.5, 0.6) is 0 Å². The Hall–Kier alpha value is -0.880. The molecule has 1 N–H and O–H groups in total. The lowest BCUT2D eigenvalue weighted by atomic mass is 10.1. The average molecular weight is 355 g/mol. The Balaban J connectivity index is 1.56. The smallest absolute Gasteiger partial charge is 0.207 e. The lowest BCUT2D eigenvalue weighted by molar-refractivity contribution is 0.122. The van der Waals surface area contributed by atoms with Crippen LogP contribution in [-0.4, -0.2) is 36.1 Å². The third-order valence-corrected chi connectivity index (χ3v) is 5.56. The first-order valence-corrected chi connectivity index (χ1v) is 10.6. The van der Waals surface area contributed by atoms with Gasteiger partial charge in [0.25, 0.3) is 0 Å². The van der Waals surface area contributed by atoms with E-state index in [2.05, 4.69) is 16.9 Å². The van der Waals surface area contributed by atoms with Crippen molar-refractivity contribution >= 4 is 16.5 Å². The molecule has 5 nitrogen and oxygen atoms in total. The van der Waals surface area contributed by atoms with Crippen LogP contribution in [0.2, 0.25) is 0 Å². The molecule has 0 radical (unpaired) electrons. The number of aromatic nitrogens is 2. The van der Waals surface area contributed by atoms with Crippen molar-refractivity contribution in [3.8, 4) is 0 Å². The van der Waals surface area contributed by atoms with Gasteiger partial charge in [-0.1, -0.05) is 76.0 Å². The molecule has 0 spiro atoms. The lowest BCUT2D eigenvalue weighted by Crippen LogP contribution is -2.36. The molecule has 0 atom stereocenters. The molecule has 2 heterocycles. The second-order valence-corrected chi connectivity index (χ2v) is 7.65. The van der Waals surface area contributed by atoms with Gasteiger partial charge in [-0.2, -0.15) is 0 Å². The van der Waals surface area contributed by atoms with Crippen LogP contribution in [0, 0.1) is 5.41 Å². The van der Waals surface area contributed by atoms with Gasteiger partial charge in [0.05, 0.1) is 13.2 Å². The molecule has 1 saturated heterocycles. The van der Waals surface area contributed by atoms with E-state index in [0.29, 0.717) is 4.80 Å². The van der Waals surface area contributed by atoms with Crippen molar-refractivity contribution in [3.63, 3.8) is 0 Å². The van der Waals surface area contributed by atoms with Crippen molar-refractivity contribution in [1.29, 1.82) is 5.41 Å². The number of rotatable bonds is 12. The van der Waals surface area contributed by atoms with Crippen LogP contribution in [0.3, 0.4) is 0 Å². The Kier molecular flexibility index (Phi) is 9.43. The minimum absolute atomic E-state index is 0.576. The van der Waals surface area contributed by atoms with Crippen LogP contribution in [0.25, 0.3) is 0 Å². The highest BCUT2D eigenvalue weighted by molar-refractivity contribution is 7.12. The predicted molar refractivity (Wildman–Crippen MR) is 101 cm³/mol. The lowest BCUT2D eigenvalue weighted by Gasteiger charge is -2.25.